The topological polar surface area (TPSA) is 85.2 Å². The first-order chi connectivity index (χ1) is 12.5. The zero-order valence-electron chi connectivity index (χ0n) is 15.0. The molecule has 0 radical (unpaired) electrons. The molecular weight excluding hydrogens is 352 g/mol. The van der Waals surface area contributed by atoms with Crippen LogP contribution in [0, 0.1) is 0 Å². The average Bonchev–Trinajstić information content (AvgIpc) is 3.34. The van der Waals surface area contributed by atoms with Crippen LogP contribution in [0.25, 0.3) is 11.2 Å². The molecule has 26 heavy (non-hydrogen) atoms. The average molecular weight is 376 g/mol. The summed E-state index contributed by atoms with van der Waals surface area (Å²) in [6.45, 7) is 2.36. The van der Waals surface area contributed by atoms with E-state index in [4.69, 9.17) is 0 Å². The van der Waals surface area contributed by atoms with Crippen LogP contribution in [0.3, 0.4) is 0 Å². The molecule has 0 aromatic carbocycles. The highest BCUT2D eigenvalue weighted by Gasteiger charge is 2.34. The Morgan fingerprint density at radius 2 is 2.04 bits per heavy atom. The molecule has 1 amide bonds. The Morgan fingerprint density at radius 1 is 1.27 bits per heavy atom. The Labute approximate surface area is 153 Å². The quantitative estimate of drug-likeness (QED) is 0.817. The first kappa shape index (κ1) is 17.5. The maximum atomic E-state index is 12.9. The van der Waals surface area contributed by atoms with Gasteiger partial charge in [0.1, 0.15) is 5.52 Å². The van der Waals surface area contributed by atoms with Crippen LogP contribution in [-0.2, 0) is 9.84 Å². The number of fused-ring (bicyclic) bond motifs is 1. The Balaban J connectivity index is 1.60. The third-order valence-corrected chi connectivity index (χ3v) is 7.38. The fraction of sp³-hybridized carbons (Fsp3) is 0.611. The van der Waals surface area contributed by atoms with Crippen molar-refractivity contribution in [2.24, 2.45) is 0 Å². The van der Waals surface area contributed by atoms with Gasteiger partial charge in [0.05, 0.1) is 23.4 Å². The number of amides is 1. The second-order valence-electron chi connectivity index (χ2n) is 7.30. The van der Waals surface area contributed by atoms with E-state index in [0.717, 1.165) is 24.0 Å². The predicted octanol–water partition coefficient (Wildman–Crippen LogP) is 2.20. The van der Waals surface area contributed by atoms with Crippen LogP contribution in [0.1, 0.15) is 55.4 Å². The first-order valence-corrected chi connectivity index (χ1v) is 11.1. The van der Waals surface area contributed by atoms with Gasteiger partial charge in [-0.2, -0.15) is 0 Å². The summed E-state index contributed by atoms with van der Waals surface area (Å²) in [6.07, 6.45) is 8.69. The van der Waals surface area contributed by atoms with Crippen molar-refractivity contribution in [1.82, 2.24) is 19.4 Å². The monoisotopic (exact) mass is 376 g/mol. The van der Waals surface area contributed by atoms with Crippen molar-refractivity contribution in [2.75, 3.05) is 18.1 Å². The molecule has 1 aliphatic carbocycles. The molecule has 2 aromatic rings. The van der Waals surface area contributed by atoms with Crippen molar-refractivity contribution in [3.63, 3.8) is 0 Å². The van der Waals surface area contributed by atoms with Crippen molar-refractivity contribution in [3.05, 3.63) is 24.2 Å². The summed E-state index contributed by atoms with van der Waals surface area (Å²) >= 11 is 0. The van der Waals surface area contributed by atoms with Crippen molar-refractivity contribution < 1.29 is 13.2 Å². The number of carbonyl (C=O) groups is 1. The predicted molar refractivity (Wildman–Crippen MR) is 98.8 cm³/mol. The molecule has 1 atom stereocenters. The second kappa shape index (κ2) is 6.64. The van der Waals surface area contributed by atoms with Crippen molar-refractivity contribution in [3.8, 4) is 0 Å². The van der Waals surface area contributed by atoms with Gasteiger partial charge in [-0.3, -0.25) is 4.79 Å². The van der Waals surface area contributed by atoms with Gasteiger partial charge in [-0.05, 0) is 32.3 Å². The van der Waals surface area contributed by atoms with E-state index < -0.39 is 9.84 Å². The normalized spacial score (nSPS) is 22.9. The van der Waals surface area contributed by atoms with Crippen LogP contribution < -0.4 is 0 Å². The number of imidazole rings is 1. The maximum Gasteiger partial charge on any atom is 0.255 e. The molecule has 2 aliphatic rings. The SMILES string of the molecule is CCN(C(=O)c1cnc2c(c1)ncn2C1CCCC1)C1CCS(=O)(=O)C1. The zero-order chi connectivity index (χ0) is 18.3. The van der Waals surface area contributed by atoms with Gasteiger partial charge in [0.15, 0.2) is 15.5 Å². The molecule has 0 N–H and O–H groups in total. The fourth-order valence-corrected chi connectivity index (χ4v) is 5.97. The van der Waals surface area contributed by atoms with Crippen molar-refractivity contribution in [1.29, 1.82) is 0 Å². The molecule has 4 rings (SSSR count). The molecule has 1 unspecified atom stereocenters. The third kappa shape index (κ3) is 3.11. The number of aromatic nitrogens is 3. The van der Waals surface area contributed by atoms with Gasteiger partial charge in [-0.1, -0.05) is 12.8 Å². The third-order valence-electron chi connectivity index (χ3n) is 5.63. The molecule has 0 bridgehead atoms. The summed E-state index contributed by atoms with van der Waals surface area (Å²) in [5.41, 5.74) is 2.01. The molecule has 3 heterocycles. The number of hydrogen-bond acceptors (Lipinski definition) is 5. The van der Waals surface area contributed by atoms with Crippen LogP contribution in [0.2, 0.25) is 0 Å². The van der Waals surface area contributed by atoms with E-state index in [-0.39, 0.29) is 23.5 Å². The minimum absolute atomic E-state index is 0.0541. The van der Waals surface area contributed by atoms with Gasteiger partial charge in [-0.15, -0.1) is 0 Å². The van der Waals surface area contributed by atoms with E-state index in [1.807, 2.05) is 13.3 Å². The fourth-order valence-electron chi connectivity index (χ4n) is 4.24. The Kier molecular flexibility index (Phi) is 4.46. The summed E-state index contributed by atoms with van der Waals surface area (Å²) in [6, 6.07) is 1.98. The number of carbonyl (C=O) groups excluding carboxylic acids is 1. The maximum absolute atomic E-state index is 12.9. The number of sulfone groups is 1. The van der Waals surface area contributed by atoms with E-state index in [2.05, 4.69) is 14.5 Å². The van der Waals surface area contributed by atoms with E-state index >= 15 is 0 Å². The molecule has 2 aromatic heterocycles. The summed E-state index contributed by atoms with van der Waals surface area (Å²) in [7, 11) is -3.03. The smallest absolute Gasteiger partial charge is 0.255 e. The zero-order valence-corrected chi connectivity index (χ0v) is 15.8. The summed E-state index contributed by atoms with van der Waals surface area (Å²) in [5.74, 6) is 0.0442. The largest absolute Gasteiger partial charge is 0.335 e. The Morgan fingerprint density at radius 3 is 2.69 bits per heavy atom. The van der Waals surface area contributed by atoms with Crippen LogP contribution in [0.5, 0.6) is 0 Å². The van der Waals surface area contributed by atoms with E-state index in [0.29, 0.717) is 24.6 Å². The molecular formula is C18H24N4O3S. The van der Waals surface area contributed by atoms with Gasteiger partial charge in [0, 0.05) is 24.8 Å². The molecule has 1 saturated carbocycles. The van der Waals surface area contributed by atoms with Gasteiger partial charge >= 0.3 is 0 Å². The highest BCUT2D eigenvalue weighted by molar-refractivity contribution is 7.91. The summed E-state index contributed by atoms with van der Waals surface area (Å²) in [4.78, 5) is 23.6. The highest BCUT2D eigenvalue weighted by Crippen LogP contribution is 2.31. The van der Waals surface area contributed by atoms with Crippen LogP contribution >= 0.6 is 0 Å². The lowest BCUT2D eigenvalue weighted by Gasteiger charge is -2.26. The molecule has 2 fully saturated rings. The van der Waals surface area contributed by atoms with Gasteiger partial charge in [0.2, 0.25) is 0 Å². The number of pyridine rings is 1. The highest BCUT2D eigenvalue weighted by atomic mass is 32.2. The number of hydrogen-bond donors (Lipinski definition) is 0. The van der Waals surface area contributed by atoms with Gasteiger partial charge < -0.3 is 9.47 Å². The van der Waals surface area contributed by atoms with Crippen molar-refractivity contribution >= 4 is 26.9 Å². The van der Waals surface area contributed by atoms with Gasteiger partial charge in [-0.25, -0.2) is 18.4 Å². The van der Waals surface area contributed by atoms with Crippen LogP contribution in [0.4, 0.5) is 0 Å². The van der Waals surface area contributed by atoms with Gasteiger partial charge in [0.25, 0.3) is 5.91 Å². The second-order valence-corrected chi connectivity index (χ2v) is 9.53. The lowest BCUT2D eigenvalue weighted by Crippen LogP contribution is -2.41. The molecule has 7 nitrogen and oxygen atoms in total. The molecule has 8 heteroatoms. The van der Waals surface area contributed by atoms with E-state index in [1.54, 1.807) is 17.2 Å². The molecule has 0 spiro atoms. The van der Waals surface area contributed by atoms with E-state index in [9.17, 15) is 13.2 Å². The summed E-state index contributed by atoms with van der Waals surface area (Å²) in [5, 5.41) is 0. The van der Waals surface area contributed by atoms with Crippen LogP contribution in [0.15, 0.2) is 18.6 Å². The summed E-state index contributed by atoms with van der Waals surface area (Å²) < 4.78 is 25.6. The van der Waals surface area contributed by atoms with Crippen molar-refractivity contribution in [2.45, 2.75) is 51.1 Å². The minimum Gasteiger partial charge on any atom is -0.335 e. The standard InChI is InChI=1S/C18H24N4O3S/c1-2-21(15-7-8-26(24,25)11-15)18(23)13-9-16-17(19-10-13)22(12-20-16)14-5-3-4-6-14/h9-10,12,14-15H,2-8,11H2,1H3. The molecule has 1 saturated heterocycles. The Bertz CT molecular complexity index is 931. The number of nitrogens with zero attached hydrogens (tertiary/aromatic N) is 4. The lowest BCUT2D eigenvalue weighted by atomic mass is 10.1. The molecule has 1 aliphatic heterocycles. The minimum atomic E-state index is -3.03. The van der Waals surface area contributed by atoms with E-state index in [1.165, 1.54) is 12.8 Å². The van der Waals surface area contributed by atoms with Crippen LogP contribution in [-0.4, -0.2) is 57.9 Å². The Hall–Kier alpha value is -1.96. The first-order valence-electron chi connectivity index (χ1n) is 9.32. The number of rotatable bonds is 4. The molecule has 140 valence electrons. The lowest BCUT2D eigenvalue weighted by molar-refractivity contribution is 0.0708.